The van der Waals surface area contributed by atoms with E-state index in [0.29, 0.717) is 18.7 Å². The molecule has 41 heavy (non-hydrogen) atoms. The monoisotopic (exact) mass is 614 g/mol. The summed E-state index contributed by atoms with van der Waals surface area (Å²) in [7, 11) is -3.69. The van der Waals surface area contributed by atoms with Gasteiger partial charge in [-0.2, -0.15) is 0 Å². The number of hydrogen-bond donors (Lipinski definition) is 2. The van der Waals surface area contributed by atoms with E-state index in [1.807, 2.05) is 36.4 Å². The summed E-state index contributed by atoms with van der Waals surface area (Å²) in [6, 6.07) is 24.8. The molecule has 2 atom stereocenters. The summed E-state index contributed by atoms with van der Waals surface area (Å²) < 4.78 is 31.3. The van der Waals surface area contributed by atoms with Gasteiger partial charge in [-0.15, -0.1) is 24.8 Å². The van der Waals surface area contributed by atoms with Gasteiger partial charge in [0.05, 0.1) is 11.0 Å². The average molecular weight is 616 g/mol. The number of ether oxygens (including phenoxy) is 1. The maximum absolute atomic E-state index is 12.7. The summed E-state index contributed by atoms with van der Waals surface area (Å²) in [5, 5.41) is 13.6. The molecule has 1 aromatic heterocycles. The molecule has 10 heteroatoms. The third-order valence-corrected chi connectivity index (χ3v) is 8.46. The first-order valence-electron chi connectivity index (χ1n) is 12.9. The Kier molecular flexibility index (Phi) is 11.5. The van der Waals surface area contributed by atoms with Gasteiger partial charge < -0.3 is 15.2 Å². The van der Waals surface area contributed by atoms with Crippen molar-refractivity contribution in [2.75, 3.05) is 18.8 Å². The Labute approximate surface area is 252 Å². The minimum Gasteiger partial charge on any atom is -0.489 e. The van der Waals surface area contributed by atoms with Crippen LogP contribution in [0, 0.1) is 0 Å². The van der Waals surface area contributed by atoms with E-state index >= 15 is 0 Å². The minimum absolute atomic E-state index is 0. The van der Waals surface area contributed by atoms with Crippen LogP contribution in [0.4, 0.5) is 0 Å². The van der Waals surface area contributed by atoms with Crippen molar-refractivity contribution >= 4 is 40.4 Å². The smallest absolute Gasteiger partial charge is 0.185 e. The zero-order valence-corrected chi connectivity index (χ0v) is 24.6. The summed E-state index contributed by atoms with van der Waals surface area (Å²) in [5.74, 6) is -0.148. The fourth-order valence-electron chi connectivity index (χ4n) is 4.66. The topological polar surface area (TPSA) is 106 Å². The quantitative estimate of drug-likeness (QED) is 0.235. The lowest BCUT2D eigenvalue weighted by atomic mass is 9.96. The normalized spacial score (nSPS) is 14.9. The number of hydrogen-bond acceptors (Lipinski definition) is 7. The number of fused-ring (bicyclic) bond motifs is 1. The number of Topliss-reactive ketones (excluding diaryl/α,β-unsaturated/α-hetero) is 1. The molecule has 2 heterocycles. The molecule has 0 amide bonds. The van der Waals surface area contributed by atoms with Crippen LogP contribution in [0.15, 0.2) is 102 Å². The molecule has 0 saturated heterocycles. The minimum atomic E-state index is -3.69. The van der Waals surface area contributed by atoms with Crippen molar-refractivity contribution in [1.82, 2.24) is 10.3 Å². The number of carbonyl (C=O) groups is 1. The van der Waals surface area contributed by atoms with E-state index in [1.165, 1.54) is 12.1 Å². The third kappa shape index (κ3) is 8.15. The highest BCUT2D eigenvalue weighted by Gasteiger charge is 2.22. The Morgan fingerprint density at radius 1 is 0.976 bits per heavy atom. The average Bonchev–Trinajstić information content (AvgIpc) is 2.97. The molecule has 7 nitrogen and oxygen atoms in total. The van der Waals surface area contributed by atoms with Crippen LogP contribution in [0.2, 0.25) is 0 Å². The Bertz CT molecular complexity index is 1540. The van der Waals surface area contributed by atoms with Crippen molar-refractivity contribution in [3.63, 3.8) is 0 Å². The largest absolute Gasteiger partial charge is 0.489 e. The molecule has 0 fully saturated rings. The molecule has 5 rings (SSSR count). The van der Waals surface area contributed by atoms with Crippen LogP contribution < -0.4 is 10.1 Å². The van der Waals surface area contributed by atoms with Crippen molar-refractivity contribution in [3.05, 3.63) is 114 Å². The van der Waals surface area contributed by atoms with Crippen molar-refractivity contribution in [1.29, 1.82) is 0 Å². The van der Waals surface area contributed by atoms with Crippen molar-refractivity contribution in [2.45, 2.75) is 29.9 Å². The molecular weight excluding hydrogens is 583 g/mol. The number of aliphatic hydroxyl groups is 1. The van der Waals surface area contributed by atoms with Gasteiger partial charge >= 0.3 is 0 Å². The number of benzene rings is 3. The Hall–Kier alpha value is -3.27. The standard InChI is InChI=1S/C31H30N2O5S.2ClH/c34-29(26-5-4-16-32-18-26)20-33-19-27-14-12-25-17-24(13-15-31(25)38-27)22-8-10-23(11-9-22)30(35)21-39(36,37)28-6-2-1-3-7-28;;/h1-11,13,15-18,27,29,33-34H,12,14,19-21H2;2*1H/t27-,29-;;/m1../s1. The van der Waals surface area contributed by atoms with Gasteiger partial charge in [-0.1, -0.05) is 54.6 Å². The number of ketones is 1. The first kappa shape index (κ1) is 32.2. The van der Waals surface area contributed by atoms with E-state index in [2.05, 4.69) is 16.4 Å². The predicted molar refractivity (Wildman–Crippen MR) is 164 cm³/mol. The van der Waals surface area contributed by atoms with Crippen molar-refractivity contribution in [2.24, 2.45) is 0 Å². The van der Waals surface area contributed by atoms with Gasteiger partial charge in [-0.25, -0.2) is 8.42 Å². The van der Waals surface area contributed by atoms with Crippen LogP contribution in [-0.4, -0.2) is 49.2 Å². The zero-order chi connectivity index (χ0) is 27.2. The molecule has 0 bridgehead atoms. The lowest BCUT2D eigenvalue weighted by Gasteiger charge is -2.27. The van der Waals surface area contributed by atoms with Crippen LogP contribution in [0.5, 0.6) is 5.75 Å². The van der Waals surface area contributed by atoms with Gasteiger partial charge in [-0.3, -0.25) is 9.78 Å². The van der Waals surface area contributed by atoms with Gasteiger partial charge in [0.25, 0.3) is 0 Å². The number of rotatable bonds is 10. The third-order valence-electron chi connectivity index (χ3n) is 6.83. The van der Waals surface area contributed by atoms with E-state index in [4.69, 9.17) is 4.74 Å². The number of aromatic nitrogens is 1. The zero-order valence-electron chi connectivity index (χ0n) is 22.2. The van der Waals surface area contributed by atoms with Crippen molar-refractivity contribution < 1.29 is 23.1 Å². The van der Waals surface area contributed by atoms with Crippen LogP contribution in [-0.2, 0) is 16.3 Å². The number of sulfone groups is 1. The fraction of sp³-hybridized carbons (Fsp3) is 0.226. The van der Waals surface area contributed by atoms with Gasteiger partial charge in [0.1, 0.15) is 17.6 Å². The molecule has 0 spiro atoms. The molecule has 4 aromatic rings. The van der Waals surface area contributed by atoms with Gasteiger partial charge in [-0.05, 0) is 59.9 Å². The summed E-state index contributed by atoms with van der Waals surface area (Å²) in [5.41, 5.74) is 4.21. The summed E-state index contributed by atoms with van der Waals surface area (Å²) in [4.78, 5) is 16.9. The number of nitrogens with one attached hydrogen (secondary N) is 1. The second kappa shape index (κ2) is 14.6. The first-order valence-corrected chi connectivity index (χ1v) is 14.5. The Morgan fingerprint density at radius 2 is 1.71 bits per heavy atom. The highest BCUT2D eigenvalue weighted by Crippen LogP contribution is 2.32. The molecule has 1 aliphatic heterocycles. The molecule has 0 unspecified atom stereocenters. The lowest BCUT2D eigenvalue weighted by Crippen LogP contribution is -2.36. The van der Waals surface area contributed by atoms with E-state index in [-0.39, 0.29) is 35.8 Å². The number of aliphatic hydroxyl groups excluding tert-OH is 1. The number of carbonyl (C=O) groups excluding carboxylic acids is 1. The number of halogens is 2. The Morgan fingerprint density at radius 3 is 2.41 bits per heavy atom. The molecule has 1 aliphatic rings. The Balaban J connectivity index is 0.00000231. The van der Waals surface area contributed by atoms with E-state index in [1.54, 1.807) is 42.7 Å². The van der Waals surface area contributed by atoms with Gasteiger partial charge in [0.2, 0.25) is 0 Å². The molecular formula is C31H32Cl2N2O5S. The fourth-order valence-corrected chi connectivity index (χ4v) is 5.91. The van der Waals surface area contributed by atoms with Gasteiger partial charge in [0.15, 0.2) is 15.6 Å². The molecule has 216 valence electrons. The number of aryl methyl sites for hydroxylation is 1. The van der Waals surface area contributed by atoms with E-state index in [9.17, 15) is 18.3 Å². The number of pyridine rings is 1. The predicted octanol–water partition coefficient (Wildman–Crippen LogP) is 5.27. The van der Waals surface area contributed by atoms with Crippen LogP contribution in [0.1, 0.15) is 34.0 Å². The second-order valence-corrected chi connectivity index (χ2v) is 11.6. The molecule has 0 aliphatic carbocycles. The van der Waals surface area contributed by atoms with E-state index < -0.39 is 27.5 Å². The molecule has 0 radical (unpaired) electrons. The van der Waals surface area contributed by atoms with Gasteiger partial charge in [0, 0.05) is 36.6 Å². The number of nitrogens with zero attached hydrogens (tertiary/aromatic N) is 1. The molecule has 0 saturated carbocycles. The van der Waals surface area contributed by atoms with Crippen molar-refractivity contribution in [3.8, 4) is 16.9 Å². The molecule has 3 aromatic carbocycles. The maximum Gasteiger partial charge on any atom is 0.185 e. The van der Waals surface area contributed by atoms with Crippen LogP contribution in [0.3, 0.4) is 0 Å². The summed E-state index contributed by atoms with van der Waals surface area (Å²) >= 11 is 0. The molecule has 2 N–H and O–H groups in total. The second-order valence-electron chi connectivity index (χ2n) is 9.63. The highest BCUT2D eigenvalue weighted by molar-refractivity contribution is 7.92. The highest BCUT2D eigenvalue weighted by atomic mass is 35.5. The van der Waals surface area contributed by atoms with E-state index in [0.717, 1.165) is 40.8 Å². The maximum atomic E-state index is 12.7. The summed E-state index contributed by atoms with van der Waals surface area (Å²) in [6.45, 7) is 1.06. The first-order chi connectivity index (χ1) is 18.9. The van der Waals surface area contributed by atoms with Crippen LogP contribution in [0.25, 0.3) is 11.1 Å². The van der Waals surface area contributed by atoms with Crippen LogP contribution >= 0.6 is 24.8 Å². The lowest BCUT2D eigenvalue weighted by molar-refractivity contribution is 0.102. The SMILES string of the molecule is Cl.Cl.O=C(CS(=O)(=O)c1ccccc1)c1ccc(-c2ccc3c(c2)CC[C@H](CNC[C@@H](O)c2cccnc2)O3)cc1. The summed E-state index contributed by atoms with van der Waals surface area (Å²) in [6.07, 6.45) is 4.47.